The molecule has 0 spiro atoms. The zero-order valence-electron chi connectivity index (χ0n) is 10.5. The van der Waals surface area contributed by atoms with Crippen molar-refractivity contribution in [2.24, 2.45) is 11.8 Å². The van der Waals surface area contributed by atoms with Gasteiger partial charge in [0.05, 0.1) is 6.10 Å². The van der Waals surface area contributed by atoms with E-state index in [4.69, 9.17) is 0 Å². The van der Waals surface area contributed by atoms with Gasteiger partial charge in [0, 0.05) is 6.04 Å². The molecular weight excluding hydrogens is 186 g/mol. The molecule has 2 nitrogen and oxygen atoms in total. The van der Waals surface area contributed by atoms with Crippen molar-refractivity contribution >= 4 is 0 Å². The predicted molar refractivity (Wildman–Crippen MR) is 64.9 cm³/mol. The van der Waals surface area contributed by atoms with Crippen LogP contribution in [0.3, 0.4) is 0 Å². The minimum Gasteiger partial charge on any atom is -0.393 e. The molecule has 0 radical (unpaired) electrons. The third-order valence-electron chi connectivity index (χ3n) is 3.84. The molecular formula is C13H27NO. The highest BCUT2D eigenvalue weighted by Crippen LogP contribution is 2.28. The SMILES string of the molecule is CC(C)C(C)NCCCC1CCCC1O. The molecule has 90 valence electrons. The molecule has 0 amide bonds. The standard InChI is InChI=1S/C13H27NO/c1-10(2)11(3)14-9-5-7-12-6-4-8-13(12)15/h10-15H,4-9H2,1-3H3. The Morgan fingerprint density at radius 3 is 2.53 bits per heavy atom. The van der Waals surface area contributed by atoms with Gasteiger partial charge in [0.1, 0.15) is 0 Å². The molecule has 0 aromatic heterocycles. The molecule has 3 atom stereocenters. The lowest BCUT2D eigenvalue weighted by Gasteiger charge is -2.19. The summed E-state index contributed by atoms with van der Waals surface area (Å²) in [7, 11) is 0. The Kier molecular flexibility index (Phi) is 5.62. The van der Waals surface area contributed by atoms with Crippen molar-refractivity contribution in [2.75, 3.05) is 6.54 Å². The molecule has 0 bridgehead atoms. The van der Waals surface area contributed by atoms with Gasteiger partial charge in [-0.15, -0.1) is 0 Å². The van der Waals surface area contributed by atoms with Crippen LogP contribution >= 0.6 is 0 Å². The third kappa shape index (κ3) is 4.52. The van der Waals surface area contributed by atoms with Crippen LogP contribution in [0, 0.1) is 11.8 Å². The second-order valence-corrected chi connectivity index (χ2v) is 5.39. The van der Waals surface area contributed by atoms with E-state index < -0.39 is 0 Å². The van der Waals surface area contributed by atoms with Crippen LogP contribution in [0.2, 0.25) is 0 Å². The van der Waals surface area contributed by atoms with Crippen molar-refractivity contribution in [1.29, 1.82) is 0 Å². The van der Waals surface area contributed by atoms with E-state index in [1.165, 1.54) is 25.7 Å². The summed E-state index contributed by atoms with van der Waals surface area (Å²) in [5.41, 5.74) is 0. The Labute approximate surface area is 94.5 Å². The van der Waals surface area contributed by atoms with Gasteiger partial charge < -0.3 is 10.4 Å². The minimum absolute atomic E-state index is 0.00692. The van der Waals surface area contributed by atoms with Gasteiger partial charge in [-0.05, 0) is 51.0 Å². The molecule has 3 unspecified atom stereocenters. The second-order valence-electron chi connectivity index (χ2n) is 5.39. The van der Waals surface area contributed by atoms with E-state index in [0.29, 0.717) is 17.9 Å². The molecule has 0 aromatic rings. The zero-order chi connectivity index (χ0) is 11.3. The van der Waals surface area contributed by atoms with Crippen molar-refractivity contribution in [3.05, 3.63) is 0 Å². The fourth-order valence-electron chi connectivity index (χ4n) is 2.28. The van der Waals surface area contributed by atoms with Crippen LogP contribution in [-0.2, 0) is 0 Å². The van der Waals surface area contributed by atoms with Gasteiger partial charge in [0.25, 0.3) is 0 Å². The summed E-state index contributed by atoms with van der Waals surface area (Å²) < 4.78 is 0. The quantitative estimate of drug-likeness (QED) is 0.665. The molecule has 1 aliphatic rings. The molecule has 2 heteroatoms. The number of nitrogens with one attached hydrogen (secondary N) is 1. The highest BCUT2D eigenvalue weighted by atomic mass is 16.3. The fourth-order valence-corrected chi connectivity index (χ4v) is 2.28. The van der Waals surface area contributed by atoms with E-state index in [2.05, 4.69) is 26.1 Å². The van der Waals surface area contributed by atoms with Crippen molar-refractivity contribution in [1.82, 2.24) is 5.32 Å². The molecule has 1 rings (SSSR count). The van der Waals surface area contributed by atoms with E-state index in [1.54, 1.807) is 0 Å². The first-order valence-corrected chi connectivity index (χ1v) is 6.52. The van der Waals surface area contributed by atoms with Crippen LogP contribution in [0.1, 0.15) is 52.9 Å². The molecule has 0 aliphatic heterocycles. The molecule has 15 heavy (non-hydrogen) atoms. The molecule has 1 fully saturated rings. The minimum atomic E-state index is -0.00692. The lowest BCUT2D eigenvalue weighted by molar-refractivity contribution is 0.126. The Morgan fingerprint density at radius 1 is 1.27 bits per heavy atom. The van der Waals surface area contributed by atoms with Gasteiger partial charge in [-0.1, -0.05) is 20.3 Å². The van der Waals surface area contributed by atoms with Crippen LogP contribution in [-0.4, -0.2) is 23.8 Å². The summed E-state index contributed by atoms with van der Waals surface area (Å²) in [6, 6.07) is 0.610. The maximum atomic E-state index is 9.67. The zero-order valence-corrected chi connectivity index (χ0v) is 10.5. The molecule has 1 aliphatic carbocycles. The Bertz CT molecular complexity index is 170. The smallest absolute Gasteiger partial charge is 0.0568 e. The maximum absolute atomic E-state index is 9.67. The first-order chi connectivity index (χ1) is 7.11. The van der Waals surface area contributed by atoms with E-state index in [-0.39, 0.29) is 6.10 Å². The molecule has 2 N–H and O–H groups in total. The topological polar surface area (TPSA) is 32.3 Å². The average Bonchev–Trinajstić information content (AvgIpc) is 2.58. The van der Waals surface area contributed by atoms with E-state index in [9.17, 15) is 5.11 Å². The Hall–Kier alpha value is -0.0800. The molecule has 0 heterocycles. The van der Waals surface area contributed by atoms with Crippen LogP contribution in [0.4, 0.5) is 0 Å². The number of aliphatic hydroxyl groups excluding tert-OH is 1. The van der Waals surface area contributed by atoms with Crippen molar-refractivity contribution in [2.45, 2.75) is 65.0 Å². The summed E-state index contributed by atoms with van der Waals surface area (Å²) in [5, 5.41) is 13.2. The lowest BCUT2D eigenvalue weighted by atomic mass is 9.99. The van der Waals surface area contributed by atoms with E-state index in [0.717, 1.165) is 13.0 Å². The highest BCUT2D eigenvalue weighted by Gasteiger charge is 2.24. The monoisotopic (exact) mass is 213 g/mol. The first kappa shape index (κ1) is 13.0. The van der Waals surface area contributed by atoms with Gasteiger partial charge in [-0.25, -0.2) is 0 Å². The van der Waals surface area contributed by atoms with Crippen molar-refractivity contribution < 1.29 is 5.11 Å². The number of aliphatic hydroxyl groups is 1. The van der Waals surface area contributed by atoms with Gasteiger partial charge in [-0.2, -0.15) is 0 Å². The Balaban J connectivity index is 2.01. The van der Waals surface area contributed by atoms with Gasteiger partial charge in [0.2, 0.25) is 0 Å². The average molecular weight is 213 g/mol. The first-order valence-electron chi connectivity index (χ1n) is 6.52. The molecule has 0 aromatic carbocycles. The lowest BCUT2D eigenvalue weighted by Crippen LogP contribution is -2.31. The Morgan fingerprint density at radius 2 is 2.00 bits per heavy atom. The number of rotatable bonds is 6. The summed E-state index contributed by atoms with van der Waals surface area (Å²) in [6.07, 6.45) is 5.88. The largest absolute Gasteiger partial charge is 0.393 e. The van der Waals surface area contributed by atoms with Crippen LogP contribution in [0.15, 0.2) is 0 Å². The summed E-state index contributed by atoms with van der Waals surface area (Å²) in [4.78, 5) is 0. The molecule has 0 saturated heterocycles. The number of hydrogen-bond donors (Lipinski definition) is 2. The van der Waals surface area contributed by atoms with Crippen LogP contribution < -0.4 is 5.32 Å². The van der Waals surface area contributed by atoms with Crippen molar-refractivity contribution in [3.8, 4) is 0 Å². The van der Waals surface area contributed by atoms with Crippen LogP contribution in [0.5, 0.6) is 0 Å². The van der Waals surface area contributed by atoms with Gasteiger partial charge in [-0.3, -0.25) is 0 Å². The number of hydrogen-bond acceptors (Lipinski definition) is 2. The van der Waals surface area contributed by atoms with E-state index >= 15 is 0 Å². The van der Waals surface area contributed by atoms with Crippen LogP contribution in [0.25, 0.3) is 0 Å². The van der Waals surface area contributed by atoms with E-state index in [1.807, 2.05) is 0 Å². The second kappa shape index (κ2) is 6.49. The van der Waals surface area contributed by atoms with Gasteiger partial charge >= 0.3 is 0 Å². The molecule has 1 saturated carbocycles. The summed E-state index contributed by atoms with van der Waals surface area (Å²) in [6.45, 7) is 7.84. The summed E-state index contributed by atoms with van der Waals surface area (Å²) >= 11 is 0. The highest BCUT2D eigenvalue weighted by molar-refractivity contribution is 4.76. The van der Waals surface area contributed by atoms with Gasteiger partial charge in [0.15, 0.2) is 0 Å². The maximum Gasteiger partial charge on any atom is 0.0568 e. The predicted octanol–water partition coefficient (Wildman–Crippen LogP) is 2.56. The fraction of sp³-hybridized carbons (Fsp3) is 1.00. The summed E-state index contributed by atoms with van der Waals surface area (Å²) in [5.74, 6) is 1.29. The normalized spacial score (nSPS) is 28.6. The van der Waals surface area contributed by atoms with Crippen molar-refractivity contribution in [3.63, 3.8) is 0 Å². The third-order valence-corrected chi connectivity index (χ3v) is 3.84.